The van der Waals surface area contributed by atoms with E-state index in [1.807, 2.05) is 19.1 Å². The molecule has 0 saturated carbocycles. The van der Waals surface area contributed by atoms with Crippen LogP contribution in [-0.2, 0) is 19.1 Å². The van der Waals surface area contributed by atoms with Crippen LogP contribution in [0.4, 0.5) is 0 Å². The van der Waals surface area contributed by atoms with Crippen LogP contribution in [0.3, 0.4) is 0 Å². The summed E-state index contributed by atoms with van der Waals surface area (Å²) in [5.74, 6) is 0.434. The first-order valence-electron chi connectivity index (χ1n) is 8.80. The zero-order valence-corrected chi connectivity index (χ0v) is 18.8. The van der Waals surface area contributed by atoms with Crippen LogP contribution in [0.2, 0.25) is 0 Å². The monoisotopic (exact) mass is 482 g/mol. The molecule has 0 heterocycles. The Morgan fingerprint density at radius 3 is 2.30 bits per heavy atom. The number of carbonyl (C=O) groups excluding carboxylic acids is 2. The average molecular weight is 482 g/mol. The number of hydrogen-bond acceptors (Lipinski definition) is 4. The summed E-state index contributed by atoms with van der Waals surface area (Å²) in [5, 5.41) is 0. The highest BCUT2D eigenvalue weighted by atomic mass is 127. The van der Waals surface area contributed by atoms with Crippen molar-refractivity contribution >= 4 is 34.5 Å². The van der Waals surface area contributed by atoms with Crippen molar-refractivity contribution in [3.05, 3.63) is 68.8 Å². The van der Waals surface area contributed by atoms with Crippen molar-refractivity contribution in [2.75, 3.05) is 0 Å². The molecule has 1 aliphatic rings. The minimum Gasteiger partial charge on any atom is -0.428 e. The lowest BCUT2D eigenvalue weighted by Gasteiger charge is -2.24. The van der Waals surface area contributed by atoms with Crippen LogP contribution in [0.15, 0.2) is 68.8 Å². The first kappa shape index (κ1) is 23.1. The van der Waals surface area contributed by atoms with Crippen molar-refractivity contribution in [1.29, 1.82) is 0 Å². The highest BCUT2D eigenvalue weighted by Gasteiger charge is 2.23. The normalized spacial score (nSPS) is 18.0. The molecule has 0 aromatic heterocycles. The fourth-order valence-electron chi connectivity index (χ4n) is 2.38. The molecule has 0 aromatic carbocycles. The molecular formula is C22H27IO4. The van der Waals surface area contributed by atoms with Crippen LogP contribution in [-0.4, -0.2) is 11.9 Å². The van der Waals surface area contributed by atoms with Crippen LogP contribution < -0.4 is 0 Å². The standard InChI is InChI=1S/C22H27IO4/c1-8-17(10-9-16(7)26-21(24)13(2)3)18-11-15(6)20(12-19(18)23)27-22(25)14(4)5/h9-10,12,15H,2,4,8,11H2,1,3,5-7H3/b16-9+,17-10+/t15-/m0/s1. The molecule has 0 aliphatic heterocycles. The Balaban J connectivity index is 3.08. The maximum Gasteiger partial charge on any atom is 0.338 e. The molecule has 0 radical (unpaired) electrons. The minimum absolute atomic E-state index is 0.0862. The lowest BCUT2D eigenvalue weighted by atomic mass is 9.88. The number of allylic oxidation sites excluding steroid dienone is 8. The van der Waals surface area contributed by atoms with Crippen molar-refractivity contribution in [3.8, 4) is 0 Å². The van der Waals surface area contributed by atoms with E-state index in [0.717, 1.165) is 22.0 Å². The van der Waals surface area contributed by atoms with E-state index in [1.54, 1.807) is 26.8 Å². The third kappa shape index (κ3) is 6.97. The molecule has 27 heavy (non-hydrogen) atoms. The Labute approximate surface area is 175 Å². The van der Waals surface area contributed by atoms with Gasteiger partial charge in [-0.15, -0.1) is 0 Å². The highest BCUT2D eigenvalue weighted by molar-refractivity contribution is 14.1. The summed E-state index contributed by atoms with van der Waals surface area (Å²) < 4.78 is 11.7. The highest BCUT2D eigenvalue weighted by Crippen LogP contribution is 2.37. The van der Waals surface area contributed by atoms with Gasteiger partial charge in [0, 0.05) is 20.6 Å². The number of halogens is 1. The molecule has 0 amide bonds. The lowest BCUT2D eigenvalue weighted by Crippen LogP contribution is -2.15. The molecule has 0 fully saturated rings. The summed E-state index contributed by atoms with van der Waals surface area (Å²) >= 11 is 2.26. The largest absolute Gasteiger partial charge is 0.428 e. The van der Waals surface area contributed by atoms with Crippen LogP contribution in [0.1, 0.15) is 47.5 Å². The van der Waals surface area contributed by atoms with Gasteiger partial charge in [-0.1, -0.05) is 33.1 Å². The van der Waals surface area contributed by atoms with E-state index < -0.39 is 11.9 Å². The van der Waals surface area contributed by atoms with Gasteiger partial charge in [-0.05, 0) is 79.5 Å². The SMILES string of the molecule is C=C(C)C(=O)OC1=CC(I)=C(/C(=C/C=C(\C)OC(=O)C(=C)C)CC)C[C@@H]1C. The Hall–Kier alpha value is -1.89. The van der Waals surface area contributed by atoms with Crippen molar-refractivity contribution < 1.29 is 19.1 Å². The van der Waals surface area contributed by atoms with Gasteiger partial charge in [0.25, 0.3) is 0 Å². The molecule has 0 aromatic rings. The molecule has 1 aliphatic carbocycles. The van der Waals surface area contributed by atoms with E-state index in [1.165, 1.54) is 5.57 Å². The number of carbonyl (C=O) groups is 2. The number of ether oxygens (including phenoxy) is 2. The van der Waals surface area contributed by atoms with Gasteiger partial charge >= 0.3 is 11.9 Å². The van der Waals surface area contributed by atoms with Gasteiger partial charge in [-0.3, -0.25) is 0 Å². The number of hydrogen-bond donors (Lipinski definition) is 0. The zero-order valence-electron chi connectivity index (χ0n) is 16.6. The summed E-state index contributed by atoms with van der Waals surface area (Å²) in [6.45, 7) is 16.3. The molecule has 0 bridgehead atoms. The van der Waals surface area contributed by atoms with Crippen molar-refractivity contribution in [3.63, 3.8) is 0 Å². The van der Waals surface area contributed by atoms with Crippen molar-refractivity contribution in [1.82, 2.24) is 0 Å². The molecule has 146 valence electrons. The van der Waals surface area contributed by atoms with E-state index >= 15 is 0 Å². The van der Waals surface area contributed by atoms with E-state index in [9.17, 15) is 9.59 Å². The number of esters is 2. The molecule has 0 N–H and O–H groups in total. The van der Waals surface area contributed by atoms with E-state index in [2.05, 4.69) is 42.7 Å². The third-order valence-electron chi connectivity index (χ3n) is 4.00. The second-order valence-electron chi connectivity index (χ2n) is 6.64. The number of rotatable bonds is 7. The quantitative estimate of drug-likeness (QED) is 0.145. The summed E-state index contributed by atoms with van der Waals surface area (Å²) in [7, 11) is 0. The van der Waals surface area contributed by atoms with Crippen LogP contribution >= 0.6 is 22.6 Å². The summed E-state index contributed by atoms with van der Waals surface area (Å²) in [5.41, 5.74) is 3.10. The zero-order chi connectivity index (χ0) is 20.7. The van der Waals surface area contributed by atoms with Gasteiger partial charge in [0.2, 0.25) is 0 Å². The van der Waals surface area contributed by atoms with Gasteiger partial charge in [0.05, 0.1) is 0 Å². The van der Waals surface area contributed by atoms with Gasteiger partial charge < -0.3 is 9.47 Å². The Kier molecular flexibility index (Phi) is 8.96. The Morgan fingerprint density at radius 2 is 1.78 bits per heavy atom. The molecule has 1 atom stereocenters. The summed E-state index contributed by atoms with van der Waals surface area (Å²) in [6.07, 6.45) is 7.28. The van der Waals surface area contributed by atoms with Gasteiger partial charge in [0.15, 0.2) is 0 Å². The Bertz CT molecular complexity index is 778. The second kappa shape index (κ2) is 10.4. The first-order chi connectivity index (χ1) is 12.6. The fraction of sp³-hybridized carbons (Fsp3) is 0.364. The topological polar surface area (TPSA) is 52.6 Å². The predicted octanol–water partition coefficient (Wildman–Crippen LogP) is 6.08. The Morgan fingerprint density at radius 1 is 1.19 bits per heavy atom. The van der Waals surface area contributed by atoms with E-state index in [-0.39, 0.29) is 5.92 Å². The molecule has 4 nitrogen and oxygen atoms in total. The fourth-order valence-corrected chi connectivity index (χ4v) is 3.26. The lowest BCUT2D eigenvalue weighted by molar-refractivity contribution is -0.136. The van der Waals surface area contributed by atoms with Gasteiger partial charge in [-0.25, -0.2) is 9.59 Å². The maximum absolute atomic E-state index is 11.8. The maximum atomic E-state index is 11.8. The molecular weight excluding hydrogens is 455 g/mol. The van der Waals surface area contributed by atoms with Gasteiger partial charge in [-0.2, -0.15) is 0 Å². The summed E-state index contributed by atoms with van der Waals surface area (Å²) in [6, 6.07) is 0. The molecule has 0 unspecified atom stereocenters. The minimum atomic E-state index is -0.429. The van der Waals surface area contributed by atoms with Crippen LogP contribution in [0.5, 0.6) is 0 Å². The van der Waals surface area contributed by atoms with E-state index in [4.69, 9.17) is 9.47 Å². The van der Waals surface area contributed by atoms with E-state index in [0.29, 0.717) is 22.7 Å². The molecule has 0 saturated heterocycles. The second-order valence-corrected chi connectivity index (χ2v) is 7.80. The summed E-state index contributed by atoms with van der Waals surface area (Å²) in [4.78, 5) is 23.4. The van der Waals surface area contributed by atoms with Gasteiger partial charge in [0.1, 0.15) is 11.5 Å². The van der Waals surface area contributed by atoms with Crippen molar-refractivity contribution in [2.24, 2.45) is 5.92 Å². The third-order valence-corrected chi connectivity index (χ3v) is 4.96. The molecule has 5 heteroatoms. The molecule has 1 rings (SSSR count). The van der Waals surface area contributed by atoms with Crippen molar-refractivity contribution in [2.45, 2.75) is 47.5 Å². The average Bonchev–Trinajstić information content (AvgIpc) is 2.58. The van der Waals surface area contributed by atoms with Crippen LogP contribution in [0.25, 0.3) is 0 Å². The smallest absolute Gasteiger partial charge is 0.338 e. The van der Waals surface area contributed by atoms with Crippen LogP contribution in [0, 0.1) is 5.92 Å². The molecule has 0 spiro atoms. The first-order valence-corrected chi connectivity index (χ1v) is 9.88. The predicted molar refractivity (Wildman–Crippen MR) is 117 cm³/mol.